The van der Waals surface area contributed by atoms with Crippen molar-refractivity contribution in [1.29, 1.82) is 0 Å². The van der Waals surface area contributed by atoms with Crippen molar-refractivity contribution in [2.45, 2.75) is 38.8 Å². The van der Waals surface area contributed by atoms with Crippen molar-refractivity contribution in [1.82, 2.24) is 5.06 Å². The third kappa shape index (κ3) is 2.06. The third-order valence-corrected chi connectivity index (χ3v) is 6.08. The predicted molar refractivity (Wildman–Crippen MR) is 84.5 cm³/mol. The quantitative estimate of drug-likeness (QED) is 0.749. The van der Waals surface area contributed by atoms with Gasteiger partial charge in [-0.1, -0.05) is 18.2 Å². The first kappa shape index (κ1) is 14.8. The molecule has 1 radical (unpaired) electrons. The molecule has 2 aliphatic heterocycles. The molecule has 113 valence electrons. The van der Waals surface area contributed by atoms with E-state index in [1.807, 2.05) is 62.3 Å². The smallest absolute Gasteiger partial charge is 0.124 e. The van der Waals surface area contributed by atoms with Crippen molar-refractivity contribution in [3.63, 3.8) is 0 Å². The lowest BCUT2D eigenvalue weighted by molar-refractivity contribution is -0.240. The van der Waals surface area contributed by atoms with Crippen LogP contribution in [0.2, 0.25) is 0 Å². The maximum absolute atomic E-state index is 12.6. The van der Waals surface area contributed by atoms with E-state index >= 15 is 0 Å². The third-order valence-electron chi connectivity index (χ3n) is 4.72. The summed E-state index contributed by atoms with van der Waals surface area (Å²) in [5.74, 6) is 0.444. The van der Waals surface area contributed by atoms with E-state index in [4.69, 9.17) is 0 Å². The summed E-state index contributed by atoms with van der Waals surface area (Å²) >= 11 is 0. The van der Waals surface area contributed by atoms with Gasteiger partial charge in [0.15, 0.2) is 0 Å². The lowest BCUT2D eigenvalue weighted by atomic mass is 9.91. The summed E-state index contributed by atoms with van der Waals surface area (Å²) in [6, 6.07) is 9.76. The minimum Gasteiger partial charge on any atom is -0.287 e. The van der Waals surface area contributed by atoms with Crippen LogP contribution >= 0.6 is 0 Å². The lowest BCUT2D eigenvalue weighted by Crippen LogP contribution is -2.48. The minimum atomic E-state index is -1.12. The molecule has 2 heterocycles. The van der Waals surface area contributed by atoms with Crippen LogP contribution in [0.1, 0.15) is 27.7 Å². The molecule has 1 unspecified atom stereocenters. The van der Waals surface area contributed by atoms with Crippen LogP contribution in [0.4, 0.5) is 5.69 Å². The second kappa shape index (κ2) is 4.66. The fraction of sp³-hybridized carbons (Fsp3) is 0.500. The number of hydroxylamine groups is 2. The molecule has 0 saturated carbocycles. The molecule has 2 aliphatic rings. The Morgan fingerprint density at radius 2 is 1.57 bits per heavy atom. The molecule has 0 aromatic heterocycles. The summed E-state index contributed by atoms with van der Waals surface area (Å²) < 4.78 is 14.5. The minimum absolute atomic E-state index is 0.444. The second-order valence-electron chi connectivity index (χ2n) is 6.71. The average molecular weight is 305 g/mol. The number of hydrogen-bond donors (Lipinski definition) is 0. The fourth-order valence-electron chi connectivity index (χ4n) is 3.46. The van der Waals surface area contributed by atoms with Crippen LogP contribution < -0.4 is 4.31 Å². The Hall–Kier alpha value is -1.17. The molecule has 0 N–H and O–H groups in total. The maximum Gasteiger partial charge on any atom is 0.124 e. The molecule has 0 aliphatic carbocycles. The Morgan fingerprint density at radius 1 is 1.00 bits per heavy atom. The van der Waals surface area contributed by atoms with Crippen LogP contribution in [-0.4, -0.2) is 32.6 Å². The summed E-state index contributed by atoms with van der Waals surface area (Å²) in [6.07, 6.45) is 0. The van der Waals surface area contributed by atoms with Crippen LogP contribution in [0.3, 0.4) is 0 Å². The van der Waals surface area contributed by atoms with Crippen molar-refractivity contribution in [2.75, 3.05) is 16.6 Å². The predicted octanol–water partition coefficient (Wildman–Crippen LogP) is 2.69. The molecular formula is C16H21N2O2S. The van der Waals surface area contributed by atoms with Gasteiger partial charge in [-0.25, -0.2) is 4.21 Å². The number of rotatable bonds is 1. The van der Waals surface area contributed by atoms with Crippen molar-refractivity contribution in [3.8, 4) is 0 Å². The van der Waals surface area contributed by atoms with E-state index in [1.165, 1.54) is 0 Å². The average Bonchev–Trinajstić information content (AvgIpc) is 2.58. The summed E-state index contributed by atoms with van der Waals surface area (Å²) in [4.78, 5) is 0. The van der Waals surface area contributed by atoms with Gasteiger partial charge in [0.25, 0.3) is 0 Å². The number of para-hydroxylation sites is 1. The van der Waals surface area contributed by atoms with Gasteiger partial charge in [-0.05, 0) is 51.0 Å². The number of benzene rings is 1. The van der Waals surface area contributed by atoms with Gasteiger partial charge in [-0.15, -0.1) is 10.3 Å². The molecule has 4 nitrogen and oxygen atoms in total. The van der Waals surface area contributed by atoms with Gasteiger partial charge in [-0.3, -0.25) is 4.31 Å². The van der Waals surface area contributed by atoms with Gasteiger partial charge in [0.1, 0.15) is 11.0 Å². The highest BCUT2D eigenvalue weighted by Gasteiger charge is 2.54. The zero-order valence-corrected chi connectivity index (χ0v) is 13.7. The molecule has 1 aromatic carbocycles. The summed E-state index contributed by atoms with van der Waals surface area (Å²) in [6.45, 7) is 8.34. The molecule has 0 spiro atoms. The first-order chi connectivity index (χ1) is 9.76. The highest BCUT2D eigenvalue weighted by molar-refractivity contribution is 7.86. The van der Waals surface area contributed by atoms with Crippen LogP contribution in [0, 0.1) is 0 Å². The van der Waals surface area contributed by atoms with Crippen molar-refractivity contribution < 1.29 is 9.42 Å². The molecule has 0 bridgehead atoms. The number of hydrogen-bond acceptors (Lipinski definition) is 2. The first-order valence-corrected chi connectivity index (χ1v) is 8.45. The van der Waals surface area contributed by atoms with E-state index in [0.717, 1.165) is 21.9 Å². The van der Waals surface area contributed by atoms with Crippen molar-refractivity contribution in [2.24, 2.45) is 0 Å². The standard InChI is InChI=1S/C16H21N2O2S/c1-15(2)13-10-17(12-8-6-5-7-9-12)21(20)11-14(13)16(3,4)18(15)19/h5-9H,10-11H2,1-4H3. The van der Waals surface area contributed by atoms with Gasteiger partial charge in [-0.2, -0.15) is 0 Å². The van der Waals surface area contributed by atoms with Crippen LogP contribution in [0.15, 0.2) is 41.5 Å². The van der Waals surface area contributed by atoms with Crippen molar-refractivity contribution in [3.05, 3.63) is 41.5 Å². The molecule has 5 heteroatoms. The van der Waals surface area contributed by atoms with Crippen LogP contribution in [-0.2, 0) is 16.2 Å². The summed E-state index contributed by atoms with van der Waals surface area (Å²) in [7, 11) is -1.12. The molecule has 3 rings (SSSR count). The fourth-order valence-corrected chi connectivity index (χ4v) is 5.02. The zero-order chi connectivity index (χ0) is 15.4. The van der Waals surface area contributed by atoms with E-state index in [-0.39, 0.29) is 0 Å². The monoisotopic (exact) mass is 305 g/mol. The molecule has 0 saturated heterocycles. The van der Waals surface area contributed by atoms with Gasteiger partial charge in [0.05, 0.1) is 23.4 Å². The first-order valence-electron chi connectivity index (χ1n) is 7.18. The Morgan fingerprint density at radius 3 is 2.19 bits per heavy atom. The number of nitrogens with zero attached hydrogens (tertiary/aromatic N) is 2. The van der Waals surface area contributed by atoms with Gasteiger partial charge in [0, 0.05) is 5.69 Å². The molecule has 0 fully saturated rings. The number of anilines is 1. The largest absolute Gasteiger partial charge is 0.287 e. The zero-order valence-electron chi connectivity index (χ0n) is 12.9. The SMILES string of the molecule is CC1(C)C2=C(CS(=O)N(c3ccccc3)C2)C(C)(C)N1[O]. The van der Waals surface area contributed by atoms with Crippen LogP contribution in [0.25, 0.3) is 0 Å². The summed E-state index contributed by atoms with van der Waals surface area (Å²) in [5.41, 5.74) is 1.99. The Bertz CT molecular complexity index is 622. The highest BCUT2D eigenvalue weighted by atomic mass is 32.2. The Labute approximate surface area is 128 Å². The lowest BCUT2D eigenvalue weighted by Gasteiger charge is -2.34. The second-order valence-corrected chi connectivity index (χ2v) is 8.08. The van der Waals surface area contributed by atoms with E-state index in [2.05, 4.69) is 0 Å². The Balaban J connectivity index is 2.04. The topological polar surface area (TPSA) is 43.5 Å². The summed E-state index contributed by atoms with van der Waals surface area (Å²) in [5, 5.41) is 13.8. The van der Waals surface area contributed by atoms with Gasteiger partial charge >= 0.3 is 0 Å². The molecular weight excluding hydrogens is 284 g/mol. The van der Waals surface area contributed by atoms with Crippen molar-refractivity contribution >= 4 is 16.7 Å². The normalized spacial score (nSPS) is 27.9. The molecule has 1 atom stereocenters. The maximum atomic E-state index is 12.6. The van der Waals surface area contributed by atoms with Gasteiger partial charge in [0.2, 0.25) is 0 Å². The molecule has 1 aromatic rings. The van der Waals surface area contributed by atoms with Crippen LogP contribution in [0.5, 0.6) is 0 Å². The van der Waals surface area contributed by atoms with E-state index in [0.29, 0.717) is 12.3 Å². The Kier molecular flexibility index (Phi) is 3.28. The molecule has 0 amide bonds. The van der Waals surface area contributed by atoms with E-state index in [1.54, 1.807) is 0 Å². The van der Waals surface area contributed by atoms with E-state index in [9.17, 15) is 9.42 Å². The highest BCUT2D eigenvalue weighted by Crippen LogP contribution is 2.47. The van der Waals surface area contributed by atoms with E-state index < -0.39 is 22.1 Å². The van der Waals surface area contributed by atoms with Gasteiger partial charge < -0.3 is 0 Å². The molecule has 21 heavy (non-hydrogen) atoms.